The van der Waals surface area contributed by atoms with Crippen LogP contribution in [0.4, 0.5) is 0 Å². The van der Waals surface area contributed by atoms with E-state index < -0.39 is 5.97 Å². The number of ether oxygens (including phenoxy) is 1. The van der Waals surface area contributed by atoms with Gasteiger partial charge in [0.15, 0.2) is 0 Å². The van der Waals surface area contributed by atoms with E-state index in [0.29, 0.717) is 0 Å². The molecule has 0 saturated carbocycles. The first-order chi connectivity index (χ1) is 3.66. The average Bonchev–Trinajstić information content (AvgIpc) is 1.65. The van der Waals surface area contributed by atoms with Crippen LogP contribution in [0, 0.1) is 0 Å². The van der Waals surface area contributed by atoms with Gasteiger partial charge in [-0.3, -0.25) is 4.79 Å². The van der Waals surface area contributed by atoms with E-state index >= 15 is 0 Å². The van der Waals surface area contributed by atoms with Gasteiger partial charge in [-0.25, -0.2) is 0 Å². The Labute approximate surface area is 48.3 Å². The van der Waals surface area contributed by atoms with Gasteiger partial charge in [0.05, 0.1) is 12.5 Å². The first kappa shape index (κ1) is 7.43. The molecular weight excluding hydrogens is 108 g/mol. The number of methoxy groups -OCH3 is 1. The molecule has 0 saturated heterocycles. The fourth-order valence-corrected chi connectivity index (χ4v) is 0.329. The summed E-state index contributed by atoms with van der Waals surface area (Å²) in [7, 11) is 1.49. The molecule has 0 radical (unpaired) electrons. The first-order valence-electron chi connectivity index (χ1n) is 2.41. The summed E-state index contributed by atoms with van der Waals surface area (Å²) < 4.78 is 4.68. The Bertz CT molecular complexity index is 79.7. The van der Waals surface area contributed by atoms with Crippen molar-refractivity contribution in [3.05, 3.63) is 0 Å². The lowest BCUT2D eigenvalue weighted by molar-refractivity contribution is -0.139. The molecule has 0 aliphatic rings. The van der Waals surface area contributed by atoms with Crippen LogP contribution >= 0.6 is 0 Å². The van der Waals surface area contributed by atoms with Gasteiger partial charge in [0.2, 0.25) is 0 Å². The van der Waals surface area contributed by atoms with Crippen LogP contribution in [0.25, 0.3) is 0 Å². The minimum absolute atomic E-state index is 0.0799. The summed E-state index contributed by atoms with van der Waals surface area (Å²) in [5.74, 6) is -0.820. The lowest BCUT2D eigenvalue weighted by Crippen LogP contribution is -2.10. The van der Waals surface area contributed by atoms with Gasteiger partial charge >= 0.3 is 5.97 Å². The maximum atomic E-state index is 9.89. The molecule has 0 fully saturated rings. The summed E-state index contributed by atoms with van der Waals surface area (Å²) in [6.07, 6.45) is -0.0938. The number of rotatable bonds is 3. The second-order valence-corrected chi connectivity index (χ2v) is 1.64. The van der Waals surface area contributed by atoms with Crippen molar-refractivity contribution in [3.8, 4) is 0 Å². The molecule has 1 N–H and O–H groups in total. The highest BCUT2D eigenvalue weighted by Gasteiger charge is 2.03. The SMILES string of the molecule is CO[C@@H](C)CC(=O)O. The normalized spacial score (nSPS) is 13.2. The van der Waals surface area contributed by atoms with Crippen LogP contribution in [-0.2, 0) is 9.53 Å². The fourth-order valence-electron chi connectivity index (χ4n) is 0.329. The summed E-state index contributed by atoms with van der Waals surface area (Å²) in [4.78, 5) is 9.89. The van der Waals surface area contributed by atoms with Crippen molar-refractivity contribution in [2.24, 2.45) is 0 Å². The molecule has 48 valence electrons. The van der Waals surface area contributed by atoms with Crippen LogP contribution in [0.1, 0.15) is 13.3 Å². The monoisotopic (exact) mass is 118 g/mol. The summed E-state index contributed by atoms with van der Waals surface area (Å²) in [5, 5.41) is 8.14. The molecule has 0 rings (SSSR count). The topological polar surface area (TPSA) is 46.5 Å². The predicted molar refractivity (Wildman–Crippen MR) is 28.7 cm³/mol. The Hall–Kier alpha value is -0.570. The van der Waals surface area contributed by atoms with Crippen molar-refractivity contribution in [2.45, 2.75) is 19.4 Å². The Morgan fingerprint density at radius 3 is 2.50 bits per heavy atom. The molecule has 0 heterocycles. The second-order valence-electron chi connectivity index (χ2n) is 1.64. The smallest absolute Gasteiger partial charge is 0.305 e. The van der Waals surface area contributed by atoms with E-state index in [1.165, 1.54) is 7.11 Å². The molecule has 0 amide bonds. The Kier molecular flexibility index (Phi) is 3.19. The Morgan fingerprint density at radius 1 is 1.88 bits per heavy atom. The van der Waals surface area contributed by atoms with E-state index in [4.69, 9.17) is 5.11 Å². The molecule has 0 aromatic heterocycles. The summed E-state index contributed by atoms with van der Waals surface area (Å²) >= 11 is 0. The summed E-state index contributed by atoms with van der Waals surface area (Å²) in [5.41, 5.74) is 0. The zero-order valence-corrected chi connectivity index (χ0v) is 5.05. The third-order valence-electron chi connectivity index (χ3n) is 0.864. The van der Waals surface area contributed by atoms with E-state index in [-0.39, 0.29) is 12.5 Å². The van der Waals surface area contributed by atoms with Gasteiger partial charge in [-0.05, 0) is 6.92 Å². The maximum absolute atomic E-state index is 9.89. The zero-order chi connectivity index (χ0) is 6.57. The summed E-state index contributed by atoms with van der Waals surface area (Å²) in [6.45, 7) is 1.72. The van der Waals surface area contributed by atoms with Gasteiger partial charge < -0.3 is 9.84 Å². The molecule has 0 spiro atoms. The van der Waals surface area contributed by atoms with E-state index in [9.17, 15) is 4.79 Å². The largest absolute Gasteiger partial charge is 0.481 e. The van der Waals surface area contributed by atoms with Crippen molar-refractivity contribution in [3.63, 3.8) is 0 Å². The number of carbonyl (C=O) groups is 1. The summed E-state index contributed by atoms with van der Waals surface area (Å²) in [6, 6.07) is 0. The Morgan fingerprint density at radius 2 is 2.38 bits per heavy atom. The van der Waals surface area contributed by atoms with Crippen molar-refractivity contribution in [1.82, 2.24) is 0 Å². The van der Waals surface area contributed by atoms with Crippen LogP contribution in [0.3, 0.4) is 0 Å². The maximum Gasteiger partial charge on any atom is 0.305 e. The van der Waals surface area contributed by atoms with Gasteiger partial charge in [-0.1, -0.05) is 0 Å². The highest BCUT2D eigenvalue weighted by atomic mass is 16.5. The van der Waals surface area contributed by atoms with Gasteiger partial charge in [-0.15, -0.1) is 0 Å². The molecule has 0 aromatic rings. The molecule has 0 unspecified atom stereocenters. The van der Waals surface area contributed by atoms with Gasteiger partial charge in [0.25, 0.3) is 0 Å². The van der Waals surface area contributed by atoms with E-state index in [1.54, 1.807) is 6.92 Å². The van der Waals surface area contributed by atoms with Crippen LogP contribution in [0.15, 0.2) is 0 Å². The molecular formula is C5H10O3. The van der Waals surface area contributed by atoms with Crippen molar-refractivity contribution < 1.29 is 14.6 Å². The molecule has 8 heavy (non-hydrogen) atoms. The number of hydrogen-bond acceptors (Lipinski definition) is 2. The molecule has 0 aromatic carbocycles. The fraction of sp³-hybridized carbons (Fsp3) is 0.800. The zero-order valence-electron chi connectivity index (χ0n) is 5.05. The standard InChI is InChI=1S/C5H10O3/c1-4(8-2)3-5(6)7/h4H,3H2,1-2H3,(H,6,7)/t4-/m0/s1. The van der Waals surface area contributed by atoms with Crippen LogP contribution in [-0.4, -0.2) is 24.3 Å². The first-order valence-corrected chi connectivity index (χ1v) is 2.41. The molecule has 0 bridgehead atoms. The van der Waals surface area contributed by atoms with E-state index in [0.717, 1.165) is 0 Å². The molecule has 0 aliphatic carbocycles. The highest BCUT2D eigenvalue weighted by Crippen LogP contribution is 1.92. The van der Waals surface area contributed by atoms with Crippen LogP contribution in [0.2, 0.25) is 0 Å². The quantitative estimate of drug-likeness (QED) is 0.586. The molecule has 0 aliphatic heterocycles. The third kappa shape index (κ3) is 3.61. The lowest BCUT2D eigenvalue weighted by atomic mass is 10.3. The number of aliphatic carboxylic acids is 1. The Balaban J connectivity index is 3.24. The second kappa shape index (κ2) is 3.43. The number of carboxylic acid groups (broad SMARTS) is 1. The third-order valence-corrected chi connectivity index (χ3v) is 0.864. The van der Waals surface area contributed by atoms with Gasteiger partial charge in [0, 0.05) is 7.11 Å². The molecule has 3 heteroatoms. The average molecular weight is 118 g/mol. The van der Waals surface area contributed by atoms with Crippen molar-refractivity contribution in [1.29, 1.82) is 0 Å². The highest BCUT2D eigenvalue weighted by molar-refractivity contribution is 5.67. The van der Waals surface area contributed by atoms with E-state index in [1.807, 2.05) is 0 Å². The van der Waals surface area contributed by atoms with Crippen LogP contribution in [0.5, 0.6) is 0 Å². The number of hydrogen-bond donors (Lipinski definition) is 1. The van der Waals surface area contributed by atoms with E-state index in [2.05, 4.69) is 4.74 Å². The van der Waals surface area contributed by atoms with Gasteiger partial charge in [0.1, 0.15) is 0 Å². The number of carboxylic acids is 1. The predicted octanol–water partition coefficient (Wildman–Crippen LogP) is 0.496. The van der Waals surface area contributed by atoms with Crippen LogP contribution < -0.4 is 0 Å². The molecule has 3 nitrogen and oxygen atoms in total. The molecule has 1 atom stereocenters. The van der Waals surface area contributed by atoms with Gasteiger partial charge in [-0.2, -0.15) is 0 Å². The minimum atomic E-state index is -0.820. The lowest BCUT2D eigenvalue weighted by Gasteiger charge is -2.02. The van der Waals surface area contributed by atoms with Crippen molar-refractivity contribution >= 4 is 5.97 Å². The van der Waals surface area contributed by atoms with Crippen molar-refractivity contribution in [2.75, 3.05) is 7.11 Å². The minimum Gasteiger partial charge on any atom is -0.481 e.